The van der Waals surface area contributed by atoms with Gasteiger partial charge < -0.3 is 5.32 Å². The van der Waals surface area contributed by atoms with Crippen LogP contribution in [0.3, 0.4) is 0 Å². The van der Waals surface area contributed by atoms with Gasteiger partial charge in [-0.1, -0.05) is 0 Å². The molecule has 0 radical (unpaired) electrons. The summed E-state index contributed by atoms with van der Waals surface area (Å²) in [5.41, 5.74) is 5.06. The van der Waals surface area contributed by atoms with Crippen LogP contribution in [-0.2, 0) is 0 Å². The average Bonchev–Trinajstić information content (AvgIpc) is 2.47. The van der Waals surface area contributed by atoms with Crippen LogP contribution in [0.5, 0.6) is 0 Å². The summed E-state index contributed by atoms with van der Waals surface area (Å²) in [5.74, 6) is 0. The van der Waals surface area contributed by atoms with Crippen molar-refractivity contribution in [2.24, 2.45) is 0 Å². The van der Waals surface area contributed by atoms with Crippen LogP contribution in [0.4, 0.5) is 13.2 Å². The van der Waals surface area contributed by atoms with E-state index in [-0.39, 0.29) is 0 Å². The second kappa shape index (κ2) is 6.20. The zero-order chi connectivity index (χ0) is 16.7. The van der Waals surface area contributed by atoms with Crippen molar-refractivity contribution in [3.05, 3.63) is 33.4 Å². The Morgan fingerprint density at radius 1 is 0.818 bits per heavy atom. The zero-order valence-corrected chi connectivity index (χ0v) is 14.0. The first kappa shape index (κ1) is 17.3. The molecule has 1 aliphatic heterocycles. The molecule has 22 heavy (non-hydrogen) atoms. The van der Waals surface area contributed by atoms with Gasteiger partial charge in [-0.25, -0.2) is 0 Å². The first-order valence-electron chi connectivity index (χ1n) is 7.74. The molecule has 1 aromatic carbocycles. The van der Waals surface area contributed by atoms with Crippen molar-refractivity contribution in [2.75, 3.05) is 26.2 Å². The summed E-state index contributed by atoms with van der Waals surface area (Å²) in [7, 11) is 0. The van der Waals surface area contributed by atoms with Gasteiger partial charge in [-0.3, -0.25) is 4.90 Å². The third-order valence-corrected chi connectivity index (χ3v) is 5.16. The predicted octanol–water partition coefficient (Wildman–Crippen LogP) is 3.74. The van der Waals surface area contributed by atoms with Gasteiger partial charge in [0.1, 0.15) is 6.04 Å². The Bertz CT molecular complexity index is 529. The molecule has 1 aromatic rings. The molecule has 1 heterocycles. The van der Waals surface area contributed by atoms with E-state index in [9.17, 15) is 13.2 Å². The molecular formula is C17H25F3N2. The first-order chi connectivity index (χ1) is 10.2. The van der Waals surface area contributed by atoms with Crippen LogP contribution < -0.4 is 5.32 Å². The Hall–Kier alpha value is -1.07. The number of nitrogens with zero attached hydrogens (tertiary/aromatic N) is 1. The van der Waals surface area contributed by atoms with Crippen LogP contribution in [0.15, 0.2) is 0 Å². The quantitative estimate of drug-likeness (QED) is 0.894. The van der Waals surface area contributed by atoms with Crippen LogP contribution in [0, 0.1) is 34.6 Å². The minimum Gasteiger partial charge on any atom is -0.314 e. The summed E-state index contributed by atoms with van der Waals surface area (Å²) in [6.07, 6.45) is -4.26. The molecule has 1 N–H and O–H groups in total. The highest BCUT2D eigenvalue weighted by Crippen LogP contribution is 2.42. The SMILES string of the molecule is Cc1c(C)c(C)c([C@@H](N2CCNCC2)C(F)(F)F)c(C)c1C. The molecule has 2 rings (SSSR count). The van der Waals surface area contributed by atoms with E-state index in [2.05, 4.69) is 5.32 Å². The van der Waals surface area contributed by atoms with E-state index in [1.54, 1.807) is 4.90 Å². The number of benzene rings is 1. The van der Waals surface area contributed by atoms with Gasteiger partial charge >= 0.3 is 6.18 Å². The molecule has 0 saturated carbocycles. The number of hydrogen-bond donors (Lipinski definition) is 1. The number of piperazine rings is 1. The van der Waals surface area contributed by atoms with E-state index in [1.165, 1.54) is 0 Å². The summed E-state index contributed by atoms with van der Waals surface area (Å²) < 4.78 is 41.6. The Morgan fingerprint density at radius 2 is 1.23 bits per heavy atom. The summed E-state index contributed by atoms with van der Waals surface area (Å²) in [4.78, 5) is 1.57. The van der Waals surface area contributed by atoms with E-state index >= 15 is 0 Å². The third-order valence-electron chi connectivity index (χ3n) is 5.16. The van der Waals surface area contributed by atoms with E-state index < -0.39 is 12.2 Å². The molecular weight excluding hydrogens is 289 g/mol. The van der Waals surface area contributed by atoms with Gasteiger partial charge in [0.05, 0.1) is 0 Å². The smallest absolute Gasteiger partial charge is 0.314 e. The minimum atomic E-state index is -4.26. The fourth-order valence-electron chi connectivity index (χ4n) is 3.43. The number of hydrogen-bond acceptors (Lipinski definition) is 2. The van der Waals surface area contributed by atoms with Gasteiger partial charge in [0.15, 0.2) is 0 Å². The maximum Gasteiger partial charge on any atom is 0.408 e. The Labute approximate surface area is 130 Å². The molecule has 1 saturated heterocycles. The molecule has 0 unspecified atom stereocenters. The van der Waals surface area contributed by atoms with E-state index in [1.807, 2.05) is 34.6 Å². The van der Waals surface area contributed by atoms with Crippen LogP contribution >= 0.6 is 0 Å². The predicted molar refractivity (Wildman–Crippen MR) is 83.4 cm³/mol. The molecule has 1 atom stereocenters. The second-order valence-corrected chi connectivity index (χ2v) is 6.27. The Morgan fingerprint density at radius 3 is 1.64 bits per heavy atom. The lowest BCUT2D eigenvalue weighted by Gasteiger charge is -2.38. The maximum atomic E-state index is 13.9. The molecule has 5 heteroatoms. The van der Waals surface area contributed by atoms with Crippen molar-refractivity contribution < 1.29 is 13.2 Å². The first-order valence-corrected chi connectivity index (χ1v) is 7.74. The lowest BCUT2D eigenvalue weighted by atomic mass is 9.85. The Balaban J connectivity index is 2.62. The third kappa shape index (κ3) is 3.01. The van der Waals surface area contributed by atoms with Crippen molar-refractivity contribution in [1.29, 1.82) is 0 Å². The van der Waals surface area contributed by atoms with Crippen molar-refractivity contribution in [3.8, 4) is 0 Å². The van der Waals surface area contributed by atoms with E-state index in [4.69, 9.17) is 0 Å². The van der Waals surface area contributed by atoms with Crippen LogP contribution in [0.2, 0.25) is 0 Å². The molecule has 1 fully saturated rings. The molecule has 0 aromatic heterocycles. The fraction of sp³-hybridized carbons (Fsp3) is 0.647. The highest BCUT2D eigenvalue weighted by Gasteiger charge is 2.46. The van der Waals surface area contributed by atoms with Crippen molar-refractivity contribution >= 4 is 0 Å². The number of alkyl halides is 3. The maximum absolute atomic E-state index is 13.9. The highest BCUT2D eigenvalue weighted by atomic mass is 19.4. The van der Waals surface area contributed by atoms with Crippen molar-refractivity contribution in [3.63, 3.8) is 0 Å². The summed E-state index contributed by atoms with van der Waals surface area (Å²) in [6, 6.07) is -1.51. The van der Waals surface area contributed by atoms with Crippen LogP contribution in [0.25, 0.3) is 0 Å². The topological polar surface area (TPSA) is 15.3 Å². The molecule has 0 bridgehead atoms. The number of nitrogens with one attached hydrogen (secondary N) is 1. The summed E-state index contributed by atoms with van der Waals surface area (Å²) in [6.45, 7) is 11.5. The van der Waals surface area contributed by atoms with E-state index in [0.717, 1.165) is 27.8 Å². The lowest BCUT2D eigenvalue weighted by Crippen LogP contribution is -2.49. The van der Waals surface area contributed by atoms with Gasteiger partial charge in [-0.05, 0) is 68.0 Å². The van der Waals surface area contributed by atoms with Gasteiger partial charge in [-0.15, -0.1) is 0 Å². The van der Waals surface area contributed by atoms with Crippen molar-refractivity contribution in [1.82, 2.24) is 10.2 Å². The average molecular weight is 314 g/mol. The standard InChI is InChI=1S/C17H25F3N2/c1-10-11(2)13(4)15(14(5)12(10)3)16(17(18,19)20)22-8-6-21-7-9-22/h16,21H,6-9H2,1-5H3/t16-/m1/s1. The van der Waals surface area contributed by atoms with Crippen LogP contribution in [-0.4, -0.2) is 37.3 Å². The van der Waals surface area contributed by atoms with Gasteiger partial charge in [0, 0.05) is 26.2 Å². The molecule has 0 aliphatic carbocycles. The molecule has 0 amide bonds. The molecule has 124 valence electrons. The number of halogens is 3. The van der Waals surface area contributed by atoms with Gasteiger partial charge in [-0.2, -0.15) is 13.2 Å². The molecule has 0 spiro atoms. The van der Waals surface area contributed by atoms with E-state index in [0.29, 0.717) is 31.7 Å². The zero-order valence-electron chi connectivity index (χ0n) is 14.0. The summed E-state index contributed by atoms with van der Waals surface area (Å²) in [5, 5.41) is 3.12. The van der Waals surface area contributed by atoms with Crippen LogP contribution in [0.1, 0.15) is 39.4 Å². The number of rotatable bonds is 2. The normalized spacial score (nSPS) is 18.5. The van der Waals surface area contributed by atoms with Crippen molar-refractivity contribution in [2.45, 2.75) is 46.8 Å². The molecule has 1 aliphatic rings. The lowest BCUT2D eigenvalue weighted by molar-refractivity contribution is -0.188. The second-order valence-electron chi connectivity index (χ2n) is 6.27. The van der Waals surface area contributed by atoms with Gasteiger partial charge in [0.25, 0.3) is 0 Å². The summed E-state index contributed by atoms with van der Waals surface area (Å²) >= 11 is 0. The monoisotopic (exact) mass is 314 g/mol. The fourth-order valence-corrected chi connectivity index (χ4v) is 3.43. The largest absolute Gasteiger partial charge is 0.408 e. The highest BCUT2D eigenvalue weighted by molar-refractivity contribution is 5.51. The van der Waals surface area contributed by atoms with Gasteiger partial charge in [0.2, 0.25) is 0 Å². The minimum absolute atomic E-state index is 0.426. The molecule has 2 nitrogen and oxygen atoms in total. The Kier molecular flexibility index (Phi) is 4.87.